The first kappa shape index (κ1) is 15.5. The number of primary amides is 1. The second kappa shape index (κ2) is 5.98. The first-order valence-corrected chi connectivity index (χ1v) is 7.62. The second-order valence-corrected chi connectivity index (χ2v) is 6.14. The minimum Gasteiger partial charge on any atom is -0.481 e. The van der Waals surface area contributed by atoms with Gasteiger partial charge in [0.1, 0.15) is 5.82 Å². The largest absolute Gasteiger partial charge is 0.481 e. The van der Waals surface area contributed by atoms with E-state index in [1.807, 2.05) is 4.57 Å². The van der Waals surface area contributed by atoms with Gasteiger partial charge in [-0.1, -0.05) is 0 Å². The molecule has 0 saturated heterocycles. The Bertz CT molecular complexity index is 763. The maximum absolute atomic E-state index is 13.8. The summed E-state index contributed by atoms with van der Waals surface area (Å²) in [6, 6.07) is 2.65. The van der Waals surface area contributed by atoms with Crippen LogP contribution in [0.2, 0.25) is 0 Å². The second-order valence-electron chi connectivity index (χ2n) is 6.14. The fourth-order valence-electron chi connectivity index (χ4n) is 3.28. The standard InChI is InChI=1S/C16H18FN3O3/c17-12-6-13-14(5-11(12)15(18)21)20(8-19-13)7-9-1-3-10(4-2-9)16(22)23/h5-6,8-10H,1-4,7H2,(H2,18,21)(H,22,23)/t9-,10-. The Hall–Kier alpha value is -2.44. The zero-order valence-corrected chi connectivity index (χ0v) is 12.5. The number of carbonyl (C=O) groups is 2. The molecule has 6 nitrogen and oxygen atoms in total. The van der Waals surface area contributed by atoms with Crippen LogP contribution in [0.5, 0.6) is 0 Å². The van der Waals surface area contributed by atoms with E-state index in [1.165, 1.54) is 12.1 Å². The number of carboxylic acid groups (broad SMARTS) is 1. The number of carbonyl (C=O) groups excluding carboxylic acids is 1. The molecule has 0 atom stereocenters. The number of benzene rings is 1. The molecule has 1 aromatic carbocycles. The summed E-state index contributed by atoms with van der Waals surface area (Å²) in [5.41, 5.74) is 6.19. The number of rotatable bonds is 4. The summed E-state index contributed by atoms with van der Waals surface area (Å²) in [7, 11) is 0. The van der Waals surface area contributed by atoms with Gasteiger partial charge in [0.05, 0.1) is 28.8 Å². The van der Waals surface area contributed by atoms with E-state index in [0.717, 1.165) is 12.8 Å². The molecule has 1 amide bonds. The highest BCUT2D eigenvalue weighted by Gasteiger charge is 2.26. The molecule has 1 aliphatic rings. The highest BCUT2D eigenvalue weighted by Crippen LogP contribution is 2.31. The number of fused-ring (bicyclic) bond motifs is 1. The molecule has 7 heteroatoms. The number of halogens is 1. The maximum atomic E-state index is 13.8. The molecule has 1 heterocycles. The molecule has 0 bridgehead atoms. The Labute approximate surface area is 132 Å². The monoisotopic (exact) mass is 319 g/mol. The SMILES string of the molecule is NC(=O)c1cc2c(cc1F)ncn2C[C@H]1CC[C@H](C(=O)O)CC1. The molecule has 1 fully saturated rings. The Kier molecular flexibility index (Phi) is 4.02. The van der Waals surface area contributed by atoms with E-state index < -0.39 is 17.7 Å². The molecular formula is C16H18FN3O3. The first-order valence-electron chi connectivity index (χ1n) is 7.62. The molecule has 0 aliphatic heterocycles. The van der Waals surface area contributed by atoms with Crippen LogP contribution in [-0.4, -0.2) is 26.5 Å². The summed E-state index contributed by atoms with van der Waals surface area (Å²) in [6.07, 6.45) is 4.64. The number of hydrogen-bond donors (Lipinski definition) is 2. The van der Waals surface area contributed by atoms with Crippen molar-refractivity contribution >= 4 is 22.9 Å². The van der Waals surface area contributed by atoms with E-state index in [-0.39, 0.29) is 11.5 Å². The molecule has 122 valence electrons. The third kappa shape index (κ3) is 3.04. The van der Waals surface area contributed by atoms with Crippen molar-refractivity contribution in [3.05, 3.63) is 29.8 Å². The summed E-state index contributed by atoms with van der Waals surface area (Å²) in [6.45, 7) is 0.673. The molecule has 23 heavy (non-hydrogen) atoms. The van der Waals surface area contributed by atoms with Crippen LogP contribution < -0.4 is 5.73 Å². The quantitative estimate of drug-likeness (QED) is 0.902. The summed E-state index contributed by atoms with van der Waals surface area (Å²) < 4.78 is 15.6. The Balaban J connectivity index is 1.80. The van der Waals surface area contributed by atoms with Gasteiger partial charge in [0, 0.05) is 12.6 Å². The van der Waals surface area contributed by atoms with E-state index in [4.69, 9.17) is 10.8 Å². The maximum Gasteiger partial charge on any atom is 0.306 e. The van der Waals surface area contributed by atoms with Crippen molar-refractivity contribution in [3.63, 3.8) is 0 Å². The number of nitrogens with zero attached hydrogens (tertiary/aromatic N) is 2. The fraction of sp³-hybridized carbons (Fsp3) is 0.438. The molecule has 0 spiro atoms. The van der Waals surface area contributed by atoms with Gasteiger partial charge < -0.3 is 15.4 Å². The Morgan fingerprint density at radius 2 is 2.00 bits per heavy atom. The predicted octanol–water partition coefficient (Wildman–Crippen LogP) is 2.17. The number of imidazole rings is 1. The minimum absolute atomic E-state index is 0.145. The first-order chi connectivity index (χ1) is 11.0. The van der Waals surface area contributed by atoms with Crippen molar-refractivity contribution in [2.24, 2.45) is 17.6 Å². The number of amides is 1. The molecule has 2 aromatic rings. The lowest BCUT2D eigenvalue weighted by Gasteiger charge is -2.26. The van der Waals surface area contributed by atoms with Gasteiger partial charge in [0.15, 0.2) is 0 Å². The molecule has 1 aromatic heterocycles. The van der Waals surface area contributed by atoms with E-state index >= 15 is 0 Å². The zero-order chi connectivity index (χ0) is 16.6. The van der Waals surface area contributed by atoms with Crippen LogP contribution in [-0.2, 0) is 11.3 Å². The normalized spacial score (nSPS) is 21.4. The molecule has 0 unspecified atom stereocenters. The topological polar surface area (TPSA) is 98.2 Å². The van der Waals surface area contributed by atoms with Crippen LogP contribution in [0.4, 0.5) is 4.39 Å². The van der Waals surface area contributed by atoms with Crippen LogP contribution in [0, 0.1) is 17.7 Å². The van der Waals surface area contributed by atoms with E-state index in [9.17, 15) is 14.0 Å². The molecule has 0 radical (unpaired) electrons. The van der Waals surface area contributed by atoms with Gasteiger partial charge in [-0.2, -0.15) is 0 Å². The number of hydrogen-bond acceptors (Lipinski definition) is 3. The Morgan fingerprint density at radius 1 is 1.30 bits per heavy atom. The van der Waals surface area contributed by atoms with Crippen molar-refractivity contribution in [2.45, 2.75) is 32.2 Å². The lowest BCUT2D eigenvalue weighted by atomic mass is 9.82. The van der Waals surface area contributed by atoms with Crippen LogP contribution in [0.15, 0.2) is 18.5 Å². The number of nitrogens with two attached hydrogens (primary N) is 1. The number of carboxylic acids is 1. The fourth-order valence-corrected chi connectivity index (χ4v) is 3.28. The Morgan fingerprint density at radius 3 is 2.61 bits per heavy atom. The highest BCUT2D eigenvalue weighted by molar-refractivity contribution is 5.96. The minimum atomic E-state index is -0.806. The summed E-state index contributed by atoms with van der Waals surface area (Å²) >= 11 is 0. The zero-order valence-electron chi connectivity index (χ0n) is 12.5. The molecule has 3 N–H and O–H groups in total. The van der Waals surface area contributed by atoms with Gasteiger partial charge in [-0.05, 0) is 37.7 Å². The molecule has 1 saturated carbocycles. The number of aromatic nitrogens is 2. The van der Waals surface area contributed by atoms with Crippen molar-refractivity contribution in [1.82, 2.24) is 9.55 Å². The van der Waals surface area contributed by atoms with Crippen LogP contribution in [0.1, 0.15) is 36.0 Å². The lowest BCUT2D eigenvalue weighted by Crippen LogP contribution is -2.23. The van der Waals surface area contributed by atoms with Gasteiger partial charge in [-0.3, -0.25) is 9.59 Å². The van der Waals surface area contributed by atoms with Crippen LogP contribution in [0.25, 0.3) is 11.0 Å². The smallest absolute Gasteiger partial charge is 0.306 e. The van der Waals surface area contributed by atoms with E-state index in [0.29, 0.717) is 36.3 Å². The molecule has 3 rings (SSSR count). The van der Waals surface area contributed by atoms with Crippen molar-refractivity contribution in [1.29, 1.82) is 0 Å². The van der Waals surface area contributed by atoms with Crippen LogP contribution >= 0.6 is 0 Å². The molecule has 1 aliphatic carbocycles. The third-order valence-electron chi connectivity index (χ3n) is 4.63. The van der Waals surface area contributed by atoms with Gasteiger partial charge >= 0.3 is 5.97 Å². The van der Waals surface area contributed by atoms with Gasteiger partial charge in [0.2, 0.25) is 0 Å². The van der Waals surface area contributed by atoms with Gasteiger partial charge in [0.25, 0.3) is 5.91 Å². The van der Waals surface area contributed by atoms with Crippen molar-refractivity contribution in [3.8, 4) is 0 Å². The summed E-state index contributed by atoms with van der Waals surface area (Å²) in [5.74, 6) is -2.10. The average Bonchev–Trinajstić information content (AvgIpc) is 2.88. The third-order valence-corrected chi connectivity index (χ3v) is 4.63. The number of aliphatic carboxylic acids is 1. The lowest BCUT2D eigenvalue weighted by molar-refractivity contribution is -0.143. The predicted molar refractivity (Wildman–Crippen MR) is 81.3 cm³/mol. The van der Waals surface area contributed by atoms with E-state index in [1.54, 1.807) is 6.33 Å². The van der Waals surface area contributed by atoms with Gasteiger partial charge in [-0.25, -0.2) is 9.37 Å². The van der Waals surface area contributed by atoms with Crippen LogP contribution in [0.3, 0.4) is 0 Å². The highest BCUT2D eigenvalue weighted by atomic mass is 19.1. The van der Waals surface area contributed by atoms with E-state index in [2.05, 4.69) is 4.98 Å². The van der Waals surface area contributed by atoms with Crippen molar-refractivity contribution in [2.75, 3.05) is 0 Å². The van der Waals surface area contributed by atoms with Gasteiger partial charge in [-0.15, -0.1) is 0 Å². The summed E-state index contributed by atoms with van der Waals surface area (Å²) in [5, 5.41) is 9.04. The summed E-state index contributed by atoms with van der Waals surface area (Å²) in [4.78, 5) is 26.4. The average molecular weight is 319 g/mol. The van der Waals surface area contributed by atoms with Crippen molar-refractivity contribution < 1.29 is 19.1 Å². The molecular weight excluding hydrogens is 301 g/mol.